The van der Waals surface area contributed by atoms with E-state index in [2.05, 4.69) is 64.3 Å². The maximum absolute atomic E-state index is 5.89. The molecule has 1 aliphatic heterocycles. The van der Waals surface area contributed by atoms with Crippen molar-refractivity contribution in [3.63, 3.8) is 0 Å². The predicted molar refractivity (Wildman–Crippen MR) is 111 cm³/mol. The Morgan fingerprint density at radius 3 is 2.46 bits per heavy atom. The van der Waals surface area contributed by atoms with Crippen molar-refractivity contribution in [2.75, 3.05) is 45.8 Å². The van der Waals surface area contributed by atoms with Crippen LogP contribution in [0.1, 0.15) is 38.7 Å². The number of guanidine groups is 1. The van der Waals surface area contributed by atoms with Crippen molar-refractivity contribution in [2.24, 2.45) is 16.6 Å². The molecule has 1 aromatic carbocycles. The summed E-state index contributed by atoms with van der Waals surface area (Å²) < 4.78 is 0. The van der Waals surface area contributed by atoms with Crippen molar-refractivity contribution in [2.45, 2.75) is 39.7 Å². The Balaban J connectivity index is 1.51. The van der Waals surface area contributed by atoms with Crippen molar-refractivity contribution in [1.29, 1.82) is 0 Å². The minimum absolute atomic E-state index is 0.597. The van der Waals surface area contributed by atoms with Crippen LogP contribution in [0.2, 0.25) is 0 Å². The zero-order chi connectivity index (χ0) is 18.6. The molecular formula is C21H37N5. The lowest BCUT2D eigenvalue weighted by atomic mass is 10.1. The van der Waals surface area contributed by atoms with E-state index in [0.717, 1.165) is 32.5 Å². The van der Waals surface area contributed by atoms with Gasteiger partial charge in [-0.1, -0.05) is 44.2 Å². The van der Waals surface area contributed by atoms with Crippen LogP contribution in [0.15, 0.2) is 35.3 Å². The van der Waals surface area contributed by atoms with Crippen LogP contribution >= 0.6 is 0 Å². The molecule has 0 atom stereocenters. The average molecular weight is 360 g/mol. The Kier molecular flexibility index (Phi) is 9.50. The molecule has 0 aliphatic carbocycles. The highest BCUT2D eigenvalue weighted by atomic mass is 15.3. The van der Waals surface area contributed by atoms with Crippen molar-refractivity contribution in [3.8, 4) is 0 Å². The Bertz CT molecular complexity index is 506. The summed E-state index contributed by atoms with van der Waals surface area (Å²) in [5.74, 6) is 1.30. The summed E-state index contributed by atoms with van der Waals surface area (Å²) in [6, 6.07) is 10.8. The number of benzene rings is 1. The summed E-state index contributed by atoms with van der Waals surface area (Å²) >= 11 is 0. The molecule has 0 unspecified atom stereocenters. The van der Waals surface area contributed by atoms with Gasteiger partial charge in [-0.15, -0.1) is 0 Å². The maximum Gasteiger partial charge on any atom is 0.188 e. The maximum atomic E-state index is 5.89. The molecule has 0 aromatic heterocycles. The second-order valence-corrected chi connectivity index (χ2v) is 7.69. The van der Waals surface area contributed by atoms with Gasteiger partial charge >= 0.3 is 0 Å². The molecule has 3 N–H and O–H groups in total. The van der Waals surface area contributed by atoms with Crippen molar-refractivity contribution in [3.05, 3.63) is 35.9 Å². The number of nitrogens with one attached hydrogen (secondary N) is 1. The van der Waals surface area contributed by atoms with Crippen LogP contribution in [-0.4, -0.2) is 61.6 Å². The van der Waals surface area contributed by atoms with E-state index in [1.165, 1.54) is 44.7 Å². The number of aliphatic imine (C=N–C) groups is 1. The van der Waals surface area contributed by atoms with E-state index in [4.69, 9.17) is 5.73 Å². The summed E-state index contributed by atoms with van der Waals surface area (Å²) in [4.78, 5) is 9.55. The first-order chi connectivity index (χ1) is 12.6. The van der Waals surface area contributed by atoms with Crippen molar-refractivity contribution < 1.29 is 0 Å². The summed E-state index contributed by atoms with van der Waals surface area (Å²) in [5, 5.41) is 3.19. The lowest BCUT2D eigenvalue weighted by molar-refractivity contribution is 0.126. The molecule has 5 nitrogen and oxygen atoms in total. The van der Waals surface area contributed by atoms with Gasteiger partial charge in [0.2, 0.25) is 0 Å². The number of nitrogens with two attached hydrogens (primary N) is 1. The Morgan fingerprint density at radius 2 is 1.77 bits per heavy atom. The third-order valence-electron chi connectivity index (χ3n) is 4.91. The van der Waals surface area contributed by atoms with Crippen LogP contribution in [-0.2, 0) is 6.54 Å². The third-order valence-corrected chi connectivity index (χ3v) is 4.91. The molecule has 2 rings (SSSR count). The molecule has 0 radical (unpaired) electrons. The first-order valence-corrected chi connectivity index (χ1v) is 10.2. The van der Waals surface area contributed by atoms with Crippen LogP contribution in [0.25, 0.3) is 0 Å². The lowest BCUT2D eigenvalue weighted by Crippen LogP contribution is -2.46. The molecule has 1 saturated heterocycles. The summed E-state index contributed by atoms with van der Waals surface area (Å²) in [5.41, 5.74) is 7.30. The van der Waals surface area contributed by atoms with Gasteiger partial charge in [0.05, 0.1) is 0 Å². The molecule has 5 heteroatoms. The number of hydrogen-bond donors (Lipinski definition) is 2. The van der Waals surface area contributed by atoms with E-state index in [9.17, 15) is 0 Å². The van der Waals surface area contributed by atoms with Gasteiger partial charge in [0.25, 0.3) is 0 Å². The zero-order valence-corrected chi connectivity index (χ0v) is 16.7. The van der Waals surface area contributed by atoms with Crippen molar-refractivity contribution >= 4 is 5.96 Å². The molecule has 1 aromatic rings. The van der Waals surface area contributed by atoms with E-state index < -0.39 is 0 Å². The molecule has 1 fully saturated rings. The van der Waals surface area contributed by atoms with Gasteiger partial charge in [-0.3, -0.25) is 9.89 Å². The normalized spacial score (nSPS) is 17.0. The topological polar surface area (TPSA) is 56.9 Å². The molecule has 26 heavy (non-hydrogen) atoms. The third kappa shape index (κ3) is 8.68. The van der Waals surface area contributed by atoms with Gasteiger partial charge < -0.3 is 16.0 Å². The first-order valence-electron chi connectivity index (χ1n) is 10.2. The molecule has 0 saturated carbocycles. The highest BCUT2D eigenvalue weighted by Gasteiger charge is 2.16. The van der Waals surface area contributed by atoms with Crippen LogP contribution in [0.4, 0.5) is 0 Å². The number of unbranched alkanes of at least 4 members (excludes halogenated alkanes) is 1. The van der Waals surface area contributed by atoms with Gasteiger partial charge in [-0.2, -0.15) is 0 Å². The number of piperazine rings is 1. The molecule has 146 valence electrons. The van der Waals surface area contributed by atoms with Crippen LogP contribution < -0.4 is 11.1 Å². The first kappa shape index (κ1) is 20.7. The number of rotatable bonds is 10. The smallest absolute Gasteiger partial charge is 0.188 e. The van der Waals surface area contributed by atoms with Gasteiger partial charge in [0.1, 0.15) is 0 Å². The number of nitrogens with zero attached hydrogens (tertiary/aromatic N) is 3. The lowest BCUT2D eigenvalue weighted by Gasteiger charge is -2.34. The fraction of sp³-hybridized carbons (Fsp3) is 0.667. The van der Waals surface area contributed by atoms with Gasteiger partial charge in [0.15, 0.2) is 5.96 Å². The van der Waals surface area contributed by atoms with E-state index in [0.29, 0.717) is 11.9 Å². The Labute approximate surface area is 159 Å². The molecular weight excluding hydrogens is 322 g/mol. The largest absolute Gasteiger partial charge is 0.370 e. The second kappa shape index (κ2) is 11.9. The predicted octanol–water partition coefficient (Wildman–Crippen LogP) is 2.53. The van der Waals surface area contributed by atoms with Crippen LogP contribution in [0.5, 0.6) is 0 Å². The highest BCUT2D eigenvalue weighted by molar-refractivity contribution is 5.77. The summed E-state index contributed by atoms with van der Waals surface area (Å²) in [6.45, 7) is 13.1. The second-order valence-electron chi connectivity index (χ2n) is 7.69. The van der Waals surface area contributed by atoms with E-state index in [-0.39, 0.29) is 0 Å². The molecule has 1 heterocycles. The van der Waals surface area contributed by atoms with Gasteiger partial charge in [0, 0.05) is 45.8 Å². The monoisotopic (exact) mass is 359 g/mol. The highest BCUT2D eigenvalue weighted by Crippen LogP contribution is 2.09. The molecule has 1 aliphatic rings. The minimum atomic E-state index is 0.597. The van der Waals surface area contributed by atoms with E-state index in [1.54, 1.807) is 0 Å². The van der Waals surface area contributed by atoms with Crippen LogP contribution in [0, 0.1) is 5.92 Å². The average Bonchev–Trinajstić information content (AvgIpc) is 2.63. The fourth-order valence-corrected chi connectivity index (χ4v) is 3.20. The van der Waals surface area contributed by atoms with E-state index >= 15 is 0 Å². The number of hydrogen-bond acceptors (Lipinski definition) is 3. The summed E-state index contributed by atoms with van der Waals surface area (Å²) in [6.07, 6.45) is 3.44. The standard InChI is InChI=1S/C21H37N5/c1-19(2)10-12-24-21(22)23-11-6-7-13-25-14-16-26(17-15-25)18-20-8-4-3-5-9-20/h3-5,8-9,19H,6-7,10-18H2,1-2H3,(H3,22,23,24). The Morgan fingerprint density at radius 1 is 1.08 bits per heavy atom. The zero-order valence-electron chi connectivity index (χ0n) is 16.7. The fourth-order valence-electron chi connectivity index (χ4n) is 3.20. The van der Waals surface area contributed by atoms with Gasteiger partial charge in [-0.25, -0.2) is 0 Å². The van der Waals surface area contributed by atoms with Gasteiger partial charge in [-0.05, 0) is 37.3 Å². The molecule has 0 amide bonds. The summed E-state index contributed by atoms with van der Waals surface area (Å²) in [7, 11) is 0. The SMILES string of the molecule is CC(C)CCNC(N)=NCCCCN1CCN(Cc2ccccc2)CC1. The molecule has 0 bridgehead atoms. The van der Waals surface area contributed by atoms with Crippen LogP contribution in [0.3, 0.4) is 0 Å². The Hall–Kier alpha value is -1.59. The van der Waals surface area contributed by atoms with Crippen molar-refractivity contribution in [1.82, 2.24) is 15.1 Å². The quantitative estimate of drug-likeness (QED) is 0.383. The minimum Gasteiger partial charge on any atom is -0.370 e. The van der Waals surface area contributed by atoms with E-state index in [1.807, 2.05) is 0 Å². The molecule has 0 spiro atoms.